The number of halogens is 1. The maximum Gasteiger partial charge on any atom is 0.357 e. The van der Waals surface area contributed by atoms with Crippen LogP contribution in [-0.4, -0.2) is 52.6 Å². The average molecular weight is 494 g/mol. The molecule has 2 unspecified atom stereocenters. The van der Waals surface area contributed by atoms with Gasteiger partial charge in [0, 0.05) is 28.9 Å². The predicted molar refractivity (Wildman–Crippen MR) is 131 cm³/mol. The highest BCUT2D eigenvalue weighted by Gasteiger charge is 2.50. The van der Waals surface area contributed by atoms with E-state index in [1.807, 2.05) is 44.7 Å². The molecule has 0 bridgehead atoms. The number of nitrogens with one attached hydrogen (secondary N) is 1. The number of ether oxygens (including phenoxy) is 1. The van der Waals surface area contributed by atoms with E-state index in [0.717, 1.165) is 5.56 Å². The van der Waals surface area contributed by atoms with Gasteiger partial charge in [-0.15, -0.1) is 11.3 Å². The fourth-order valence-electron chi connectivity index (χ4n) is 4.25. The maximum atomic E-state index is 13.5. The number of benzene rings is 1. The second kappa shape index (κ2) is 9.99. The first-order valence-electron chi connectivity index (χ1n) is 11.1. The van der Waals surface area contributed by atoms with Gasteiger partial charge >= 0.3 is 5.97 Å². The third-order valence-corrected chi connectivity index (χ3v) is 7.31. The molecule has 1 fully saturated rings. The number of esters is 1. The van der Waals surface area contributed by atoms with E-state index in [4.69, 9.17) is 16.3 Å². The zero-order valence-electron chi connectivity index (χ0n) is 19.7. The Balaban J connectivity index is 1.75. The Kier molecular flexibility index (Phi) is 7.71. The lowest BCUT2D eigenvalue weighted by Crippen LogP contribution is -2.59. The van der Waals surface area contributed by atoms with Crippen LogP contribution in [-0.2, 0) is 15.1 Å². The van der Waals surface area contributed by atoms with Crippen molar-refractivity contribution in [2.24, 2.45) is 11.3 Å². The second-order valence-corrected chi connectivity index (χ2v) is 10.7. The molecule has 7 nitrogen and oxygen atoms in total. The summed E-state index contributed by atoms with van der Waals surface area (Å²) >= 11 is 7.29. The number of hydrogen-bond donors (Lipinski definition) is 2. The van der Waals surface area contributed by atoms with E-state index in [1.165, 1.54) is 11.3 Å². The molecule has 1 aromatic carbocycles. The SMILES string of the molecule is CCOC(=O)c1csc(NC(C(=O)N2CCC(O)(c3ccc(Cl)cc3)C(C)(C)C2)C(C)C)n1. The monoisotopic (exact) mass is 493 g/mol. The number of aliphatic hydroxyl groups is 1. The molecule has 180 valence electrons. The van der Waals surface area contributed by atoms with Crippen LogP contribution in [0.4, 0.5) is 5.13 Å². The van der Waals surface area contributed by atoms with Crippen LogP contribution in [0.3, 0.4) is 0 Å². The van der Waals surface area contributed by atoms with E-state index < -0.39 is 23.0 Å². The van der Waals surface area contributed by atoms with Gasteiger partial charge in [-0.1, -0.05) is 51.4 Å². The van der Waals surface area contributed by atoms with E-state index >= 15 is 0 Å². The highest BCUT2D eigenvalue weighted by Crippen LogP contribution is 2.46. The zero-order valence-corrected chi connectivity index (χ0v) is 21.3. The van der Waals surface area contributed by atoms with Crippen molar-refractivity contribution in [2.75, 3.05) is 25.0 Å². The van der Waals surface area contributed by atoms with Gasteiger partial charge in [0.15, 0.2) is 10.8 Å². The summed E-state index contributed by atoms with van der Waals surface area (Å²) in [5.41, 5.74) is -0.615. The molecule has 1 aliphatic rings. The van der Waals surface area contributed by atoms with Crippen molar-refractivity contribution in [1.29, 1.82) is 0 Å². The number of piperidine rings is 1. The van der Waals surface area contributed by atoms with Crippen LogP contribution in [0.2, 0.25) is 5.02 Å². The summed E-state index contributed by atoms with van der Waals surface area (Å²) in [5.74, 6) is -0.537. The number of likely N-dealkylation sites (tertiary alicyclic amines) is 1. The minimum absolute atomic E-state index is 0.00682. The third-order valence-electron chi connectivity index (χ3n) is 6.28. The van der Waals surface area contributed by atoms with Gasteiger partial charge in [-0.25, -0.2) is 9.78 Å². The molecule has 2 atom stereocenters. The predicted octanol–water partition coefficient (Wildman–Crippen LogP) is 4.56. The van der Waals surface area contributed by atoms with Crippen molar-refractivity contribution in [2.45, 2.75) is 52.7 Å². The zero-order chi connectivity index (χ0) is 24.4. The Hall–Kier alpha value is -2.16. The highest BCUT2D eigenvalue weighted by molar-refractivity contribution is 7.13. The van der Waals surface area contributed by atoms with Gasteiger partial charge in [-0.05, 0) is 37.0 Å². The number of hydrogen-bond acceptors (Lipinski definition) is 7. The topological polar surface area (TPSA) is 91.8 Å². The average Bonchev–Trinajstić information content (AvgIpc) is 3.23. The number of anilines is 1. The molecule has 2 N–H and O–H groups in total. The van der Waals surface area contributed by atoms with Crippen molar-refractivity contribution < 1.29 is 19.4 Å². The first-order valence-corrected chi connectivity index (χ1v) is 12.4. The van der Waals surface area contributed by atoms with Crippen molar-refractivity contribution in [1.82, 2.24) is 9.88 Å². The number of nitrogens with zero attached hydrogens (tertiary/aromatic N) is 2. The molecular formula is C24H32ClN3O4S. The Morgan fingerprint density at radius 2 is 1.97 bits per heavy atom. The number of carbonyl (C=O) groups is 2. The lowest BCUT2D eigenvalue weighted by Gasteiger charge is -2.51. The Bertz CT molecular complexity index is 992. The molecule has 0 radical (unpaired) electrons. The van der Waals surface area contributed by atoms with Gasteiger partial charge in [0.2, 0.25) is 5.91 Å². The van der Waals surface area contributed by atoms with Crippen molar-refractivity contribution in [3.05, 3.63) is 45.9 Å². The van der Waals surface area contributed by atoms with Gasteiger partial charge in [0.05, 0.1) is 12.2 Å². The van der Waals surface area contributed by atoms with E-state index in [2.05, 4.69) is 10.3 Å². The van der Waals surface area contributed by atoms with Gasteiger partial charge in [0.1, 0.15) is 6.04 Å². The smallest absolute Gasteiger partial charge is 0.357 e. The number of thiazole rings is 1. The van der Waals surface area contributed by atoms with E-state index in [9.17, 15) is 14.7 Å². The molecule has 1 saturated heterocycles. The van der Waals surface area contributed by atoms with Crippen LogP contribution >= 0.6 is 22.9 Å². The molecule has 1 aliphatic heterocycles. The fourth-order valence-corrected chi connectivity index (χ4v) is 5.10. The second-order valence-electron chi connectivity index (χ2n) is 9.39. The number of rotatable bonds is 7. The first kappa shape index (κ1) is 25.5. The molecule has 1 aromatic heterocycles. The summed E-state index contributed by atoms with van der Waals surface area (Å²) in [6.45, 7) is 10.7. The molecule has 0 saturated carbocycles. The van der Waals surface area contributed by atoms with Crippen molar-refractivity contribution in [3.63, 3.8) is 0 Å². The fraction of sp³-hybridized carbons (Fsp3) is 0.542. The Morgan fingerprint density at radius 3 is 2.55 bits per heavy atom. The van der Waals surface area contributed by atoms with E-state index in [0.29, 0.717) is 29.7 Å². The van der Waals surface area contributed by atoms with Gasteiger partial charge in [0.25, 0.3) is 0 Å². The number of aromatic nitrogens is 1. The summed E-state index contributed by atoms with van der Waals surface area (Å²) in [7, 11) is 0. The highest BCUT2D eigenvalue weighted by atomic mass is 35.5. The minimum atomic E-state index is -1.07. The molecule has 3 rings (SSSR count). The Labute approximate surface area is 204 Å². The van der Waals surface area contributed by atoms with E-state index in [-0.39, 0.29) is 24.1 Å². The van der Waals surface area contributed by atoms with Crippen LogP contribution in [0.5, 0.6) is 0 Å². The van der Waals surface area contributed by atoms with Crippen molar-refractivity contribution >= 4 is 39.9 Å². The summed E-state index contributed by atoms with van der Waals surface area (Å²) in [6, 6.07) is 6.75. The molecule has 0 aliphatic carbocycles. The number of carbonyl (C=O) groups excluding carboxylic acids is 2. The summed E-state index contributed by atoms with van der Waals surface area (Å²) in [5, 5.41) is 17.5. The lowest BCUT2D eigenvalue weighted by molar-refractivity contribution is -0.154. The summed E-state index contributed by atoms with van der Waals surface area (Å²) in [4.78, 5) is 31.5. The van der Waals surface area contributed by atoms with Crippen LogP contribution in [0.25, 0.3) is 0 Å². The molecule has 33 heavy (non-hydrogen) atoms. The van der Waals surface area contributed by atoms with Crippen LogP contribution in [0.15, 0.2) is 29.6 Å². The normalized spacial score (nSPS) is 21.0. The molecule has 0 spiro atoms. The largest absolute Gasteiger partial charge is 0.461 e. The van der Waals surface area contributed by atoms with Crippen LogP contribution in [0, 0.1) is 11.3 Å². The van der Waals surface area contributed by atoms with Gasteiger partial charge < -0.3 is 20.1 Å². The minimum Gasteiger partial charge on any atom is -0.461 e. The van der Waals surface area contributed by atoms with Gasteiger partial charge in [-0.3, -0.25) is 4.79 Å². The Morgan fingerprint density at radius 1 is 1.30 bits per heavy atom. The molecule has 9 heteroatoms. The molecular weight excluding hydrogens is 462 g/mol. The first-order chi connectivity index (χ1) is 15.5. The number of amides is 1. The summed E-state index contributed by atoms with van der Waals surface area (Å²) in [6.07, 6.45) is 0.419. The van der Waals surface area contributed by atoms with Gasteiger partial charge in [-0.2, -0.15) is 0 Å². The third kappa shape index (κ3) is 5.34. The summed E-state index contributed by atoms with van der Waals surface area (Å²) < 4.78 is 4.99. The van der Waals surface area contributed by atoms with Crippen LogP contribution < -0.4 is 5.32 Å². The van der Waals surface area contributed by atoms with Crippen LogP contribution in [0.1, 0.15) is 57.1 Å². The van der Waals surface area contributed by atoms with E-state index in [1.54, 1.807) is 24.4 Å². The maximum absolute atomic E-state index is 13.5. The van der Waals surface area contributed by atoms with Crippen molar-refractivity contribution in [3.8, 4) is 0 Å². The molecule has 1 amide bonds. The standard InChI is InChI=1S/C24H32ClN3O4S/c1-6-32-21(30)18-13-33-22(26-18)27-19(15(2)3)20(29)28-12-11-24(31,23(4,5)14-28)16-7-9-17(25)10-8-16/h7-10,13,15,19,31H,6,11-12,14H2,1-5H3,(H,26,27). The molecule has 2 aromatic rings. The quantitative estimate of drug-likeness (QED) is 0.549. The molecule has 2 heterocycles. The lowest BCUT2D eigenvalue weighted by atomic mass is 9.66.